The standard InChI is InChI=1S/C29H24O8/c30-18-6-4-16(5-7-18)29-28(36)27(21-9-8-19(31)14-25(21)37-29)26-17(12-20(32)13-24(26)35)3-1-15-2-10-22(33)23(34)11-15/h1-14,27-36H/t27-,28-,29+/m0/s1. The summed E-state index contributed by atoms with van der Waals surface area (Å²) >= 11 is 0. The van der Waals surface area contributed by atoms with E-state index < -0.39 is 18.1 Å². The van der Waals surface area contributed by atoms with Crippen molar-refractivity contribution in [3.05, 3.63) is 101 Å². The Kier molecular flexibility index (Phi) is 6.02. The van der Waals surface area contributed by atoms with Gasteiger partial charge in [0.2, 0.25) is 0 Å². The molecule has 8 heteroatoms. The first kappa shape index (κ1) is 23.9. The van der Waals surface area contributed by atoms with Gasteiger partial charge in [-0.1, -0.05) is 36.4 Å². The summed E-state index contributed by atoms with van der Waals surface area (Å²) in [5, 5.41) is 72.0. The summed E-state index contributed by atoms with van der Waals surface area (Å²) in [6, 6.07) is 17.5. The Hall–Kier alpha value is -4.82. The number of aliphatic hydroxyl groups is 1. The van der Waals surface area contributed by atoms with Crippen LogP contribution < -0.4 is 4.74 Å². The highest BCUT2D eigenvalue weighted by molar-refractivity contribution is 5.75. The topological polar surface area (TPSA) is 151 Å². The summed E-state index contributed by atoms with van der Waals surface area (Å²) in [5.74, 6) is -1.55. The number of ether oxygens (including phenoxy) is 1. The monoisotopic (exact) mass is 500 g/mol. The van der Waals surface area contributed by atoms with Gasteiger partial charge in [-0.2, -0.15) is 0 Å². The summed E-state index contributed by atoms with van der Waals surface area (Å²) in [7, 11) is 0. The van der Waals surface area contributed by atoms with Gasteiger partial charge in [0.05, 0.1) is 0 Å². The first-order valence-corrected chi connectivity index (χ1v) is 11.4. The second-order valence-corrected chi connectivity index (χ2v) is 8.87. The van der Waals surface area contributed by atoms with Gasteiger partial charge in [0.25, 0.3) is 0 Å². The minimum atomic E-state index is -1.21. The maximum atomic E-state index is 11.6. The number of fused-ring (bicyclic) bond motifs is 1. The Morgan fingerprint density at radius 3 is 2.08 bits per heavy atom. The van der Waals surface area contributed by atoms with Crippen molar-refractivity contribution in [2.24, 2.45) is 0 Å². The molecule has 5 rings (SSSR count). The molecule has 0 saturated heterocycles. The summed E-state index contributed by atoms with van der Waals surface area (Å²) in [5.41, 5.74) is 2.32. The molecule has 1 heterocycles. The second-order valence-electron chi connectivity index (χ2n) is 8.87. The first-order valence-electron chi connectivity index (χ1n) is 11.4. The zero-order valence-electron chi connectivity index (χ0n) is 19.4. The average molecular weight is 501 g/mol. The Balaban J connectivity index is 1.66. The lowest BCUT2D eigenvalue weighted by Crippen LogP contribution is -2.35. The molecule has 0 fully saturated rings. The maximum Gasteiger partial charge on any atom is 0.157 e. The van der Waals surface area contributed by atoms with Crippen molar-refractivity contribution in [1.29, 1.82) is 0 Å². The summed E-state index contributed by atoms with van der Waals surface area (Å²) in [4.78, 5) is 0. The van der Waals surface area contributed by atoms with E-state index in [0.29, 0.717) is 33.6 Å². The fourth-order valence-electron chi connectivity index (χ4n) is 4.65. The van der Waals surface area contributed by atoms with Crippen LogP contribution in [0.1, 0.15) is 39.8 Å². The van der Waals surface area contributed by atoms with Crippen LogP contribution in [0.2, 0.25) is 0 Å². The predicted octanol–water partition coefficient (Wildman–Crippen LogP) is 4.72. The van der Waals surface area contributed by atoms with E-state index in [9.17, 15) is 35.7 Å². The van der Waals surface area contributed by atoms with Crippen molar-refractivity contribution >= 4 is 12.2 Å². The van der Waals surface area contributed by atoms with Gasteiger partial charge in [0.15, 0.2) is 17.6 Å². The molecule has 0 unspecified atom stereocenters. The number of hydrogen-bond acceptors (Lipinski definition) is 8. The molecule has 4 aromatic carbocycles. The van der Waals surface area contributed by atoms with Gasteiger partial charge in [0.1, 0.15) is 34.9 Å². The lowest BCUT2D eigenvalue weighted by molar-refractivity contribution is 0.00784. The van der Waals surface area contributed by atoms with Crippen molar-refractivity contribution in [2.45, 2.75) is 18.1 Å². The number of phenols is 6. The third-order valence-electron chi connectivity index (χ3n) is 6.40. The molecule has 0 saturated carbocycles. The van der Waals surface area contributed by atoms with Crippen LogP contribution >= 0.6 is 0 Å². The largest absolute Gasteiger partial charge is 0.508 e. The van der Waals surface area contributed by atoms with Crippen LogP contribution in [0.3, 0.4) is 0 Å². The van der Waals surface area contributed by atoms with E-state index in [1.54, 1.807) is 36.4 Å². The van der Waals surface area contributed by atoms with Crippen molar-refractivity contribution < 1.29 is 40.5 Å². The summed E-state index contributed by atoms with van der Waals surface area (Å²) < 4.78 is 6.07. The number of phenolic OH excluding ortho intramolecular Hbond substituents is 6. The number of aromatic hydroxyl groups is 6. The molecule has 8 nitrogen and oxygen atoms in total. The Bertz CT molecular complexity index is 1490. The summed E-state index contributed by atoms with van der Waals surface area (Å²) in [6.45, 7) is 0. The molecule has 0 aromatic heterocycles. The van der Waals surface area contributed by atoms with E-state index in [4.69, 9.17) is 4.74 Å². The first-order chi connectivity index (χ1) is 17.7. The van der Waals surface area contributed by atoms with Crippen LogP contribution in [-0.2, 0) is 0 Å². The van der Waals surface area contributed by atoms with E-state index >= 15 is 0 Å². The van der Waals surface area contributed by atoms with Crippen LogP contribution in [0.5, 0.6) is 40.2 Å². The molecule has 188 valence electrons. The van der Waals surface area contributed by atoms with Crippen molar-refractivity contribution in [2.75, 3.05) is 0 Å². The third-order valence-corrected chi connectivity index (χ3v) is 6.40. The van der Waals surface area contributed by atoms with Gasteiger partial charge in [0, 0.05) is 29.2 Å². The number of hydrogen-bond donors (Lipinski definition) is 7. The van der Waals surface area contributed by atoms with Gasteiger partial charge >= 0.3 is 0 Å². The normalized spacial score (nSPS) is 18.9. The Morgan fingerprint density at radius 1 is 0.622 bits per heavy atom. The SMILES string of the molecule is Oc1ccc([C@H]2Oc3cc(O)ccc3[C@@H](c3c(O)cc(O)cc3C=Cc3ccc(O)c(O)c3)[C@@H]2O)cc1. The fraction of sp³-hybridized carbons (Fsp3) is 0.103. The van der Waals surface area contributed by atoms with Gasteiger partial charge in [-0.3, -0.25) is 0 Å². The molecule has 3 atom stereocenters. The van der Waals surface area contributed by atoms with E-state index in [0.717, 1.165) is 0 Å². The number of benzene rings is 4. The van der Waals surface area contributed by atoms with Crippen LogP contribution in [0.15, 0.2) is 72.8 Å². The molecule has 0 spiro atoms. The molecule has 1 aliphatic heterocycles. The molecular formula is C29H24O8. The average Bonchev–Trinajstić information content (AvgIpc) is 2.85. The Morgan fingerprint density at radius 2 is 1.35 bits per heavy atom. The molecule has 37 heavy (non-hydrogen) atoms. The number of rotatable bonds is 4. The minimum absolute atomic E-state index is 0.0412. The molecule has 0 radical (unpaired) electrons. The van der Waals surface area contributed by atoms with E-state index in [2.05, 4.69) is 0 Å². The lowest BCUT2D eigenvalue weighted by Gasteiger charge is -2.38. The molecular weight excluding hydrogens is 476 g/mol. The summed E-state index contributed by atoms with van der Waals surface area (Å²) in [6.07, 6.45) is 1.12. The zero-order chi connectivity index (χ0) is 26.3. The van der Waals surface area contributed by atoms with Gasteiger partial charge in [-0.25, -0.2) is 0 Å². The van der Waals surface area contributed by atoms with E-state index in [1.165, 1.54) is 48.5 Å². The molecule has 7 N–H and O–H groups in total. The lowest BCUT2D eigenvalue weighted by atomic mass is 9.78. The molecule has 0 bridgehead atoms. The molecule has 1 aliphatic rings. The minimum Gasteiger partial charge on any atom is -0.508 e. The van der Waals surface area contributed by atoms with Gasteiger partial charge < -0.3 is 40.5 Å². The zero-order valence-corrected chi connectivity index (χ0v) is 19.4. The molecule has 4 aromatic rings. The van der Waals surface area contributed by atoms with Crippen LogP contribution in [0.4, 0.5) is 0 Å². The van der Waals surface area contributed by atoms with Crippen LogP contribution in [0, 0.1) is 0 Å². The molecule has 0 amide bonds. The van der Waals surface area contributed by atoms with E-state index in [-0.39, 0.29) is 34.5 Å². The number of aliphatic hydroxyl groups excluding tert-OH is 1. The maximum absolute atomic E-state index is 11.6. The van der Waals surface area contributed by atoms with Gasteiger partial charge in [-0.05, 0) is 53.1 Å². The third kappa shape index (κ3) is 4.57. The predicted molar refractivity (Wildman–Crippen MR) is 136 cm³/mol. The van der Waals surface area contributed by atoms with E-state index in [1.807, 2.05) is 0 Å². The highest BCUT2D eigenvalue weighted by Crippen LogP contribution is 2.50. The van der Waals surface area contributed by atoms with Crippen LogP contribution in [0.25, 0.3) is 12.2 Å². The highest BCUT2D eigenvalue weighted by atomic mass is 16.5. The quantitative estimate of drug-likeness (QED) is 0.157. The van der Waals surface area contributed by atoms with Crippen molar-refractivity contribution in [3.8, 4) is 40.2 Å². The molecule has 0 aliphatic carbocycles. The second kappa shape index (κ2) is 9.33. The van der Waals surface area contributed by atoms with Crippen LogP contribution in [-0.4, -0.2) is 41.8 Å². The Labute approximate surface area is 211 Å². The fourth-order valence-corrected chi connectivity index (χ4v) is 4.65. The highest BCUT2D eigenvalue weighted by Gasteiger charge is 2.41. The van der Waals surface area contributed by atoms with Crippen molar-refractivity contribution in [3.63, 3.8) is 0 Å². The smallest absolute Gasteiger partial charge is 0.157 e. The van der Waals surface area contributed by atoms with Gasteiger partial charge in [-0.15, -0.1) is 0 Å². The van der Waals surface area contributed by atoms with Crippen molar-refractivity contribution in [1.82, 2.24) is 0 Å².